The van der Waals surface area contributed by atoms with E-state index >= 15 is 0 Å². The predicted molar refractivity (Wildman–Crippen MR) is 86.9 cm³/mol. The van der Waals surface area contributed by atoms with Crippen molar-refractivity contribution in [2.75, 3.05) is 25.5 Å². The molecule has 1 saturated heterocycles. The summed E-state index contributed by atoms with van der Waals surface area (Å²) in [6, 6.07) is 4.21. The van der Waals surface area contributed by atoms with Crippen molar-refractivity contribution in [1.29, 1.82) is 0 Å². The summed E-state index contributed by atoms with van der Waals surface area (Å²) in [5, 5.41) is 13.9. The molecule has 1 heterocycles. The quantitative estimate of drug-likeness (QED) is 0.633. The van der Waals surface area contributed by atoms with Crippen molar-refractivity contribution < 1.29 is 19.4 Å². The van der Waals surface area contributed by atoms with Crippen LogP contribution in [0.5, 0.6) is 5.75 Å². The lowest BCUT2D eigenvalue weighted by atomic mass is 10.2. The third-order valence-corrected chi connectivity index (χ3v) is 4.41. The number of benzene rings is 1. The van der Waals surface area contributed by atoms with Crippen LogP contribution in [0.15, 0.2) is 18.2 Å². The lowest BCUT2D eigenvalue weighted by Crippen LogP contribution is -3.16. The number of nitrogens with one attached hydrogen (secondary N) is 2. The summed E-state index contributed by atoms with van der Waals surface area (Å²) >= 11 is 0. The molecule has 1 aliphatic rings. The number of methoxy groups -OCH3 is 1. The highest BCUT2D eigenvalue weighted by molar-refractivity contribution is 5.95. The smallest absolute Gasteiger partial charge is 0.296 e. The Labute approximate surface area is 135 Å². The third-order valence-electron chi connectivity index (χ3n) is 4.41. The van der Waals surface area contributed by atoms with Crippen LogP contribution in [0.4, 0.5) is 11.4 Å². The van der Waals surface area contributed by atoms with Gasteiger partial charge in [-0.1, -0.05) is 0 Å². The Hall–Kier alpha value is -2.15. The predicted octanol–water partition coefficient (Wildman–Crippen LogP) is 1.39. The average molecular weight is 322 g/mol. The zero-order chi connectivity index (χ0) is 16.8. The normalized spacial score (nSPS) is 17.1. The number of hydrogen-bond donors (Lipinski definition) is 2. The monoisotopic (exact) mass is 322 g/mol. The number of ether oxygens (including phenoxy) is 1. The van der Waals surface area contributed by atoms with Crippen LogP contribution in [0.25, 0.3) is 0 Å². The molecule has 0 aliphatic carbocycles. The first-order valence-electron chi connectivity index (χ1n) is 8.01. The molecule has 7 nitrogen and oxygen atoms in total. The van der Waals surface area contributed by atoms with Gasteiger partial charge in [-0.15, -0.1) is 0 Å². The van der Waals surface area contributed by atoms with E-state index in [1.54, 1.807) is 6.07 Å². The van der Waals surface area contributed by atoms with E-state index in [0.717, 1.165) is 25.9 Å². The molecular formula is C16H24N3O4+. The van der Waals surface area contributed by atoms with Crippen molar-refractivity contribution in [3.8, 4) is 5.75 Å². The van der Waals surface area contributed by atoms with Crippen LogP contribution in [0.3, 0.4) is 0 Å². The van der Waals surface area contributed by atoms with Crippen molar-refractivity contribution in [3.05, 3.63) is 28.3 Å². The maximum Gasteiger partial charge on any atom is 0.296 e. The first-order valence-corrected chi connectivity index (χ1v) is 8.01. The van der Waals surface area contributed by atoms with E-state index in [0.29, 0.717) is 5.75 Å². The number of anilines is 1. The molecule has 0 aromatic heterocycles. The Morgan fingerprint density at radius 3 is 2.52 bits per heavy atom. The molecule has 2 rings (SSSR count). The van der Waals surface area contributed by atoms with E-state index in [4.69, 9.17) is 4.74 Å². The van der Waals surface area contributed by atoms with Crippen molar-refractivity contribution in [2.45, 2.75) is 38.6 Å². The van der Waals surface area contributed by atoms with Gasteiger partial charge in [0.2, 0.25) is 0 Å². The maximum absolute atomic E-state index is 12.5. The van der Waals surface area contributed by atoms with Gasteiger partial charge in [0.1, 0.15) is 11.4 Å². The van der Waals surface area contributed by atoms with Gasteiger partial charge in [0.25, 0.3) is 11.6 Å². The summed E-state index contributed by atoms with van der Waals surface area (Å²) in [5.41, 5.74) is 0.0534. The zero-order valence-electron chi connectivity index (χ0n) is 13.6. The fourth-order valence-corrected chi connectivity index (χ4v) is 2.94. The molecule has 1 aromatic rings. The van der Waals surface area contributed by atoms with Crippen LogP contribution in [-0.2, 0) is 4.79 Å². The SMILES string of the molecule is COc1ccc(NC(=O)[C@@H](C)[NH+]2CCCCCC2)c([N+](=O)[O-])c1. The number of quaternary nitrogens is 1. The summed E-state index contributed by atoms with van der Waals surface area (Å²) in [6.45, 7) is 3.82. The number of amides is 1. The molecule has 1 aliphatic heterocycles. The van der Waals surface area contributed by atoms with Gasteiger partial charge < -0.3 is 15.0 Å². The lowest BCUT2D eigenvalue weighted by molar-refractivity contribution is -0.913. The molecule has 1 atom stereocenters. The molecule has 0 unspecified atom stereocenters. The molecule has 2 N–H and O–H groups in total. The number of likely N-dealkylation sites (tertiary alicyclic amines) is 1. The molecule has 1 fully saturated rings. The number of nitrogens with zero attached hydrogens (tertiary/aromatic N) is 1. The summed E-state index contributed by atoms with van der Waals surface area (Å²) < 4.78 is 5.00. The van der Waals surface area contributed by atoms with Crippen LogP contribution in [0, 0.1) is 10.1 Å². The van der Waals surface area contributed by atoms with Crippen LogP contribution < -0.4 is 15.0 Å². The topological polar surface area (TPSA) is 85.9 Å². The Bertz CT molecular complexity index is 568. The van der Waals surface area contributed by atoms with Crippen molar-refractivity contribution in [3.63, 3.8) is 0 Å². The Morgan fingerprint density at radius 2 is 1.96 bits per heavy atom. The molecule has 1 amide bonds. The van der Waals surface area contributed by atoms with Crippen LogP contribution in [-0.4, -0.2) is 37.1 Å². The third kappa shape index (κ3) is 4.41. The molecule has 23 heavy (non-hydrogen) atoms. The minimum atomic E-state index is -0.512. The Kier molecular flexibility index (Phi) is 5.92. The highest BCUT2D eigenvalue weighted by atomic mass is 16.6. The number of rotatable bonds is 5. The first kappa shape index (κ1) is 17.2. The minimum absolute atomic E-state index is 0.157. The van der Waals surface area contributed by atoms with Gasteiger partial charge in [0.15, 0.2) is 6.04 Å². The van der Waals surface area contributed by atoms with Crippen molar-refractivity contribution in [1.82, 2.24) is 0 Å². The van der Waals surface area contributed by atoms with Crippen LogP contribution >= 0.6 is 0 Å². The Morgan fingerprint density at radius 1 is 1.30 bits per heavy atom. The van der Waals surface area contributed by atoms with Gasteiger partial charge in [0.05, 0.1) is 31.2 Å². The molecule has 7 heteroatoms. The van der Waals surface area contributed by atoms with Crippen molar-refractivity contribution >= 4 is 17.3 Å². The number of nitro benzene ring substituents is 1. The second kappa shape index (κ2) is 7.92. The summed E-state index contributed by atoms with van der Waals surface area (Å²) in [6.07, 6.45) is 4.66. The number of nitro groups is 1. The van der Waals surface area contributed by atoms with E-state index in [-0.39, 0.29) is 23.3 Å². The van der Waals surface area contributed by atoms with Gasteiger partial charge in [0, 0.05) is 0 Å². The fourth-order valence-electron chi connectivity index (χ4n) is 2.94. The molecule has 0 saturated carbocycles. The second-order valence-corrected chi connectivity index (χ2v) is 5.92. The van der Waals surface area contributed by atoms with Crippen LogP contribution in [0.2, 0.25) is 0 Å². The minimum Gasteiger partial charge on any atom is -0.496 e. The van der Waals surface area contributed by atoms with Gasteiger partial charge in [-0.3, -0.25) is 14.9 Å². The molecule has 0 bridgehead atoms. The average Bonchev–Trinajstić information content (AvgIpc) is 2.83. The van der Waals surface area contributed by atoms with E-state index in [1.165, 1.54) is 37.0 Å². The van der Waals surface area contributed by atoms with E-state index < -0.39 is 4.92 Å². The van der Waals surface area contributed by atoms with E-state index in [9.17, 15) is 14.9 Å². The number of carbonyl (C=O) groups excluding carboxylic acids is 1. The standard InChI is InChI=1S/C16H23N3O4/c1-12(18-9-5-3-4-6-10-18)16(20)17-14-8-7-13(23-2)11-15(14)19(21)22/h7-8,11-12H,3-6,9-10H2,1-2H3,(H,17,20)/p+1/t12-/m1/s1. The van der Waals surface area contributed by atoms with E-state index in [2.05, 4.69) is 5.32 Å². The van der Waals surface area contributed by atoms with Crippen LogP contribution in [0.1, 0.15) is 32.6 Å². The zero-order valence-corrected chi connectivity index (χ0v) is 13.6. The largest absolute Gasteiger partial charge is 0.496 e. The highest BCUT2D eigenvalue weighted by Gasteiger charge is 2.27. The molecule has 0 radical (unpaired) electrons. The van der Waals surface area contributed by atoms with Gasteiger partial charge in [-0.2, -0.15) is 0 Å². The second-order valence-electron chi connectivity index (χ2n) is 5.92. The summed E-state index contributed by atoms with van der Waals surface area (Å²) in [7, 11) is 1.45. The highest BCUT2D eigenvalue weighted by Crippen LogP contribution is 2.28. The fraction of sp³-hybridized carbons (Fsp3) is 0.562. The molecule has 1 aromatic carbocycles. The number of hydrogen-bond acceptors (Lipinski definition) is 4. The number of carbonyl (C=O) groups is 1. The van der Waals surface area contributed by atoms with Gasteiger partial charge in [-0.25, -0.2) is 0 Å². The molecule has 126 valence electrons. The molecule has 0 spiro atoms. The maximum atomic E-state index is 12.5. The summed E-state index contributed by atoms with van der Waals surface area (Å²) in [4.78, 5) is 24.4. The lowest BCUT2D eigenvalue weighted by Gasteiger charge is -2.23. The first-order chi connectivity index (χ1) is 11.0. The van der Waals surface area contributed by atoms with Gasteiger partial charge >= 0.3 is 0 Å². The Balaban J connectivity index is 2.11. The van der Waals surface area contributed by atoms with Gasteiger partial charge in [-0.05, 0) is 44.7 Å². The van der Waals surface area contributed by atoms with Crippen molar-refractivity contribution in [2.24, 2.45) is 0 Å². The van der Waals surface area contributed by atoms with E-state index in [1.807, 2.05) is 6.92 Å². The summed E-state index contributed by atoms with van der Waals surface area (Å²) in [5.74, 6) is 0.205. The molecular weight excluding hydrogens is 298 g/mol.